The average molecular weight is 302 g/mol. The van der Waals surface area contributed by atoms with E-state index in [2.05, 4.69) is 15.1 Å². The third kappa shape index (κ3) is 3.28. The van der Waals surface area contributed by atoms with Crippen LogP contribution in [0.3, 0.4) is 0 Å². The Morgan fingerprint density at radius 3 is 2.80 bits per heavy atom. The molecule has 1 aliphatic heterocycles. The minimum Gasteiger partial charge on any atom is -0.480 e. The number of hydrogen-bond acceptors (Lipinski definition) is 5. The summed E-state index contributed by atoms with van der Waals surface area (Å²) in [6, 6.07) is 0.242. The Balaban J connectivity index is 2.07. The van der Waals surface area contributed by atoms with Crippen molar-refractivity contribution in [3.63, 3.8) is 0 Å². The van der Waals surface area contributed by atoms with Crippen molar-refractivity contribution in [1.29, 1.82) is 0 Å². The van der Waals surface area contributed by atoms with Gasteiger partial charge in [-0.2, -0.15) is 5.10 Å². The van der Waals surface area contributed by atoms with Gasteiger partial charge < -0.3 is 10.4 Å². The van der Waals surface area contributed by atoms with Crippen molar-refractivity contribution in [1.82, 2.24) is 15.1 Å². The van der Waals surface area contributed by atoms with E-state index in [9.17, 15) is 13.2 Å². The lowest BCUT2D eigenvalue weighted by Crippen LogP contribution is -2.32. The lowest BCUT2D eigenvalue weighted by atomic mass is 10.1. The van der Waals surface area contributed by atoms with Gasteiger partial charge in [-0.3, -0.25) is 14.2 Å². The molecule has 1 aliphatic rings. The molecule has 1 aromatic heterocycles. The molecular formula is C11H18N4O4S. The fourth-order valence-electron chi connectivity index (χ4n) is 2.05. The van der Waals surface area contributed by atoms with Crippen molar-refractivity contribution >= 4 is 21.7 Å². The summed E-state index contributed by atoms with van der Waals surface area (Å²) in [7, 11) is -3.95. The molecular weight excluding hydrogens is 284 g/mol. The SMILES string of the molecule is CC(C(=O)O)S(=O)(=O)Nc1cnn(C2CCNCC2)c1. The van der Waals surface area contributed by atoms with Gasteiger partial charge in [0, 0.05) is 6.20 Å². The van der Waals surface area contributed by atoms with Crippen LogP contribution in [0.1, 0.15) is 25.8 Å². The van der Waals surface area contributed by atoms with Crippen LogP contribution in [-0.4, -0.2) is 47.6 Å². The van der Waals surface area contributed by atoms with E-state index in [-0.39, 0.29) is 11.7 Å². The predicted octanol–water partition coefficient (Wildman–Crippen LogP) is 0.0224. The first-order valence-corrected chi connectivity index (χ1v) is 7.94. The Kier molecular flexibility index (Phi) is 4.29. The quantitative estimate of drug-likeness (QED) is 0.707. The first kappa shape index (κ1) is 14.8. The molecule has 1 atom stereocenters. The fraction of sp³-hybridized carbons (Fsp3) is 0.636. The number of carbonyl (C=O) groups is 1. The van der Waals surface area contributed by atoms with Gasteiger partial charge in [-0.1, -0.05) is 0 Å². The van der Waals surface area contributed by atoms with Gasteiger partial charge in [0.05, 0.1) is 17.9 Å². The molecule has 0 aliphatic carbocycles. The number of sulfonamides is 1. The number of nitrogens with zero attached hydrogens (tertiary/aromatic N) is 2. The molecule has 0 bridgehead atoms. The van der Waals surface area contributed by atoms with Crippen molar-refractivity contribution in [3.8, 4) is 0 Å². The lowest BCUT2D eigenvalue weighted by Gasteiger charge is -2.22. The van der Waals surface area contributed by atoms with E-state index >= 15 is 0 Å². The second kappa shape index (κ2) is 5.80. The summed E-state index contributed by atoms with van der Waals surface area (Å²) in [4.78, 5) is 10.7. The van der Waals surface area contributed by atoms with Crippen molar-refractivity contribution < 1.29 is 18.3 Å². The number of aromatic nitrogens is 2. The molecule has 1 unspecified atom stereocenters. The second-order valence-corrected chi connectivity index (χ2v) is 6.82. The van der Waals surface area contributed by atoms with Gasteiger partial charge in [0.2, 0.25) is 10.0 Å². The van der Waals surface area contributed by atoms with Crippen LogP contribution < -0.4 is 10.0 Å². The molecule has 2 rings (SSSR count). The van der Waals surface area contributed by atoms with E-state index in [0.717, 1.165) is 32.9 Å². The molecule has 0 aromatic carbocycles. The summed E-state index contributed by atoms with van der Waals surface area (Å²) in [5.41, 5.74) is 0.289. The molecule has 112 valence electrons. The third-order valence-electron chi connectivity index (χ3n) is 3.36. The number of carboxylic acids is 1. The zero-order chi connectivity index (χ0) is 14.8. The molecule has 0 spiro atoms. The van der Waals surface area contributed by atoms with Crippen LogP contribution in [0.5, 0.6) is 0 Å². The summed E-state index contributed by atoms with van der Waals surface area (Å²) in [5.74, 6) is -1.39. The summed E-state index contributed by atoms with van der Waals surface area (Å²) in [6.45, 7) is 2.94. The maximum Gasteiger partial charge on any atom is 0.323 e. The number of hydrogen-bond donors (Lipinski definition) is 3. The summed E-state index contributed by atoms with van der Waals surface area (Å²) in [6.07, 6.45) is 4.86. The van der Waals surface area contributed by atoms with Crippen LogP contribution in [0, 0.1) is 0 Å². The summed E-state index contributed by atoms with van der Waals surface area (Å²) in [5, 5.41) is 14.6. The largest absolute Gasteiger partial charge is 0.480 e. The van der Waals surface area contributed by atoms with Gasteiger partial charge in [-0.25, -0.2) is 8.42 Å². The second-order valence-electron chi connectivity index (χ2n) is 4.82. The number of anilines is 1. The average Bonchev–Trinajstić information content (AvgIpc) is 2.86. The minimum atomic E-state index is -3.95. The van der Waals surface area contributed by atoms with Crippen LogP contribution in [0.15, 0.2) is 12.4 Å². The van der Waals surface area contributed by atoms with Gasteiger partial charge in [0.25, 0.3) is 0 Å². The van der Waals surface area contributed by atoms with Crippen LogP contribution in [0.25, 0.3) is 0 Å². The Morgan fingerprint density at radius 1 is 1.55 bits per heavy atom. The van der Waals surface area contributed by atoms with E-state index in [4.69, 9.17) is 5.11 Å². The van der Waals surface area contributed by atoms with Crippen molar-refractivity contribution in [2.75, 3.05) is 17.8 Å². The van der Waals surface area contributed by atoms with Gasteiger partial charge in [-0.15, -0.1) is 0 Å². The van der Waals surface area contributed by atoms with Crippen LogP contribution in [-0.2, 0) is 14.8 Å². The molecule has 8 nitrogen and oxygen atoms in total. The van der Waals surface area contributed by atoms with Crippen LogP contribution >= 0.6 is 0 Å². The summed E-state index contributed by atoms with van der Waals surface area (Å²) >= 11 is 0. The highest BCUT2D eigenvalue weighted by Crippen LogP contribution is 2.20. The lowest BCUT2D eigenvalue weighted by molar-refractivity contribution is -0.136. The highest BCUT2D eigenvalue weighted by atomic mass is 32.2. The van der Waals surface area contributed by atoms with Gasteiger partial charge in [-0.05, 0) is 32.9 Å². The minimum absolute atomic E-state index is 0.242. The van der Waals surface area contributed by atoms with E-state index in [1.165, 1.54) is 6.20 Å². The molecule has 0 saturated carbocycles. The Labute approximate surface area is 117 Å². The standard InChI is InChI=1S/C11H18N4O4S/c1-8(11(16)17)20(18,19)14-9-6-13-15(7-9)10-2-4-12-5-3-10/h6-8,10,12,14H,2-5H2,1H3,(H,16,17). The van der Waals surface area contributed by atoms with Crippen LogP contribution in [0.2, 0.25) is 0 Å². The van der Waals surface area contributed by atoms with E-state index in [1.807, 2.05) is 0 Å². The smallest absolute Gasteiger partial charge is 0.323 e. The number of carboxylic acid groups (broad SMARTS) is 1. The molecule has 2 heterocycles. The van der Waals surface area contributed by atoms with Crippen molar-refractivity contribution in [2.45, 2.75) is 31.1 Å². The van der Waals surface area contributed by atoms with Gasteiger partial charge >= 0.3 is 5.97 Å². The molecule has 3 N–H and O–H groups in total. The molecule has 1 fully saturated rings. The van der Waals surface area contributed by atoms with Gasteiger partial charge in [0.15, 0.2) is 5.25 Å². The topological polar surface area (TPSA) is 113 Å². The number of aliphatic carboxylic acids is 1. The Morgan fingerprint density at radius 2 is 2.20 bits per heavy atom. The number of nitrogens with one attached hydrogen (secondary N) is 2. The van der Waals surface area contributed by atoms with Gasteiger partial charge in [0.1, 0.15) is 0 Å². The normalized spacial score (nSPS) is 18.6. The Bertz CT molecular complexity index is 577. The maximum absolute atomic E-state index is 11.8. The molecule has 0 radical (unpaired) electrons. The monoisotopic (exact) mass is 302 g/mol. The third-order valence-corrected chi connectivity index (χ3v) is 5.01. The maximum atomic E-state index is 11.8. The fourth-order valence-corrected chi connectivity index (χ4v) is 2.92. The number of rotatable bonds is 5. The van der Waals surface area contributed by atoms with Crippen molar-refractivity contribution in [3.05, 3.63) is 12.4 Å². The first-order chi connectivity index (χ1) is 9.40. The zero-order valence-electron chi connectivity index (χ0n) is 11.1. The molecule has 0 amide bonds. The van der Waals surface area contributed by atoms with E-state index in [1.54, 1.807) is 10.9 Å². The number of piperidine rings is 1. The summed E-state index contributed by atoms with van der Waals surface area (Å²) < 4.78 is 27.6. The van der Waals surface area contributed by atoms with E-state index in [0.29, 0.717) is 0 Å². The van der Waals surface area contributed by atoms with Crippen LogP contribution in [0.4, 0.5) is 5.69 Å². The molecule has 1 aromatic rings. The van der Waals surface area contributed by atoms with E-state index < -0.39 is 21.2 Å². The Hall–Kier alpha value is -1.61. The first-order valence-electron chi connectivity index (χ1n) is 6.39. The van der Waals surface area contributed by atoms with Crippen molar-refractivity contribution in [2.24, 2.45) is 0 Å². The molecule has 20 heavy (non-hydrogen) atoms. The highest BCUT2D eigenvalue weighted by molar-refractivity contribution is 7.94. The predicted molar refractivity (Wildman–Crippen MR) is 73.0 cm³/mol. The molecule has 9 heteroatoms. The molecule has 1 saturated heterocycles. The highest BCUT2D eigenvalue weighted by Gasteiger charge is 2.28. The zero-order valence-corrected chi connectivity index (χ0v) is 11.9.